The van der Waals surface area contributed by atoms with Crippen LogP contribution in [0.15, 0.2) is 0 Å². The monoisotopic (exact) mass is 318 g/mol. The lowest BCUT2D eigenvalue weighted by Crippen LogP contribution is -2.51. The summed E-state index contributed by atoms with van der Waals surface area (Å²) in [6, 6.07) is 2.96. The molecule has 0 amide bonds. The van der Waals surface area contributed by atoms with Gasteiger partial charge in [-0.05, 0) is 0 Å². The van der Waals surface area contributed by atoms with E-state index in [-0.39, 0.29) is 0 Å². The van der Waals surface area contributed by atoms with E-state index in [2.05, 4.69) is 67.0 Å². The van der Waals surface area contributed by atoms with Crippen molar-refractivity contribution in [2.24, 2.45) is 0 Å². The van der Waals surface area contributed by atoms with Gasteiger partial charge in [-0.2, -0.15) is 0 Å². The maximum absolute atomic E-state index is 2.72. The van der Waals surface area contributed by atoms with Crippen molar-refractivity contribution in [1.82, 2.24) is 0 Å². The Balaban J connectivity index is 4.84. The van der Waals surface area contributed by atoms with Gasteiger partial charge in [0.05, 0.1) is 0 Å². The molecule has 4 atom stereocenters. The molecule has 0 heterocycles. The maximum atomic E-state index is 2.72. The molecule has 0 saturated carbocycles. The number of rotatable bonds is 7. The van der Waals surface area contributed by atoms with Crippen LogP contribution in [0.5, 0.6) is 0 Å². The van der Waals surface area contributed by atoms with Crippen molar-refractivity contribution in [1.29, 1.82) is 0 Å². The van der Waals surface area contributed by atoms with Gasteiger partial charge in [-0.1, -0.05) is 89.4 Å². The van der Waals surface area contributed by atoms with Gasteiger partial charge in [0, 0.05) is 32.8 Å². The Hall–Kier alpha value is 0.868. The minimum atomic E-state index is -0.910. The summed E-state index contributed by atoms with van der Waals surface area (Å²) in [5.74, 6) is 0. The van der Waals surface area contributed by atoms with Gasteiger partial charge in [-0.25, -0.2) is 0 Å². The lowest BCUT2D eigenvalue weighted by atomic mass is 10.9. The summed E-state index contributed by atoms with van der Waals surface area (Å²) in [4.78, 5) is 0. The zero-order valence-corrected chi connectivity index (χ0v) is 19.0. The summed E-state index contributed by atoms with van der Waals surface area (Å²) in [6.07, 6.45) is 0. The molecule has 0 aliphatic rings. The van der Waals surface area contributed by atoms with Crippen molar-refractivity contribution < 1.29 is 0 Å². The highest BCUT2D eigenvalue weighted by atomic mass is 29.2. The fraction of sp³-hybridized carbons (Fsp3) is 1.00. The Labute approximate surface area is 122 Å². The highest BCUT2D eigenvalue weighted by molar-refractivity contribution is 7.29. The van der Waals surface area contributed by atoms with E-state index in [9.17, 15) is 0 Å². The fourth-order valence-corrected chi connectivity index (χ4v) is 39.2. The Morgan fingerprint density at radius 1 is 0.722 bits per heavy atom. The van der Waals surface area contributed by atoms with Crippen molar-refractivity contribution >= 4 is 32.8 Å². The van der Waals surface area contributed by atoms with E-state index < -0.39 is 32.8 Å². The van der Waals surface area contributed by atoms with Gasteiger partial charge in [0.15, 0.2) is 0 Å². The van der Waals surface area contributed by atoms with Crippen molar-refractivity contribution in [3.8, 4) is 0 Å². The van der Waals surface area contributed by atoms with Crippen LogP contribution < -0.4 is 0 Å². The van der Waals surface area contributed by atoms with Gasteiger partial charge in [-0.3, -0.25) is 0 Å². The molecule has 110 valence electrons. The van der Waals surface area contributed by atoms with Crippen molar-refractivity contribution in [3.05, 3.63) is 0 Å². The van der Waals surface area contributed by atoms with Crippen LogP contribution in [0.3, 0.4) is 0 Å². The van der Waals surface area contributed by atoms with E-state index in [1.165, 1.54) is 12.1 Å². The van der Waals surface area contributed by atoms with E-state index in [1.54, 1.807) is 0 Å². The SMILES string of the molecule is CC[Si](C)(C)C(C)[SiH](C)[SiH](C)C(C)[Si](C)(C)CC. The van der Waals surface area contributed by atoms with Crippen molar-refractivity contribution in [3.63, 3.8) is 0 Å². The molecule has 0 saturated heterocycles. The first-order chi connectivity index (χ1) is 8.01. The van der Waals surface area contributed by atoms with Crippen LogP contribution in [-0.2, 0) is 0 Å². The quantitative estimate of drug-likeness (QED) is 0.573. The Kier molecular flexibility index (Phi) is 7.38. The summed E-state index contributed by atoms with van der Waals surface area (Å²) < 4.78 is 0. The van der Waals surface area contributed by atoms with Crippen LogP contribution >= 0.6 is 0 Å². The second kappa shape index (κ2) is 7.04. The average molecular weight is 319 g/mol. The molecule has 4 heteroatoms. The smallest absolute Gasteiger partial charge is 0.0468 e. The first-order valence-corrected chi connectivity index (χ1v) is 20.9. The van der Waals surface area contributed by atoms with E-state index >= 15 is 0 Å². The third kappa shape index (κ3) is 4.46. The molecular weight excluding hydrogens is 280 g/mol. The normalized spacial score (nSPS) is 20.3. The summed E-state index contributed by atoms with van der Waals surface area (Å²) in [7, 11) is -2.76. The topological polar surface area (TPSA) is 0 Å². The molecule has 0 aliphatic heterocycles. The predicted octanol–water partition coefficient (Wildman–Crippen LogP) is 5.09. The summed E-state index contributed by atoms with van der Waals surface area (Å²) >= 11 is 0. The molecule has 0 fully saturated rings. The molecule has 4 unspecified atom stereocenters. The molecule has 0 N–H and O–H groups in total. The number of hydrogen-bond donors (Lipinski definition) is 0. The third-order valence-electron chi connectivity index (χ3n) is 6.69. The van der Waals surface area contributed by atoms with Crippen LogP contribution in [0.25, 0.3) is 0 Å². The molecule has 0 bridgehead atoms. The Morgan fingerprint density at radius 2 is 0.944 bits per heavy atom. The highest BCUT2D eigenvalue weighted by Gasteiger charge is 2.39. The molecule has 0 spiro atoms. The van der Waals surface area contributed by atoms with E-state index in [4.69, 9.17) is 0 Å². The van der Waals surface area contributed by atoms with Gasteiger partial charge >= 0.3 is 0 Å². The van der Waals surface area contributed by atoms with Crippen LogP contribution in [0, 0.1) is 0 Å². The fourth-order valence-electron chi connectivity index (χ4n) is 2.98. The highest BCUT2D eigenvalue weighted by Crippen LogP contribution is 2.34. The molecule has 0 aromatic rings. The molecule has 0 aromatic heterocycles. The molecular formula is C14H38Si4. The standard InChI is InChI=1S/C14H38Si4/c1-11-17(7,8)13(3)15(5)16(6)14(4)18(9,10)12-2/h13-16H,11-12H2,1-10H3. The van der Waals surface area contributed by atoms with E-state index in [1.807, 2.05) is 0 Å². The van der Waals surface area contributed by atoms with Crippen LogP contribution in [-0.4, -0.2) is 32.8 Å². The second-order valence-corrected chi connectivity index (χ2v) is 32.2. The lowest BCUT2D eigenvalue weighted by Gasteiger charge is -2.41. The zero-order chi connectivity index (χ0) is 14.7. The van der Waals surface area contributed by atoms with E-state index in [0.717, 1.165) is 10.3 Å². The van der Waals surface area contributed by atoms with Crippen LogP contribution in [0.4, 0.5) is 0 Å². The minimum Gasteiger partial charge on any atom is -0.0741 e. The predicted molar refractivity (Wildman–Crippen MR) is 101 cm³/mol. The molecule has 0 nitrogen and oxygen atoms in total. The van der Waals surface area contributed by atoms with Crippen LogP contribution in [0.1, 0.15) is 27.7 Å². The lowest BCUT2D eigenvalue weighted by molar-refractivity contribution is 1.14. The first-order valence-electron chi connectivity index (χ1n) is 8.01. The summed E-state index contributed by atoms with van der Waals surface area (Å²) in [5.41, 5.74) is 0. The van der Waals surface area contributed by atoms with Crippen molar-refractivity contribution in [2.45, 2.75) is 89.4 Å². The summed E-state index contributed by atoms with van der Waals surface area (Å²) in [5, 5.41) is 2.29. The minimum absolute atomic E-state index is 0.469. The zero-order valence-electron chi connectivity index (χ0n) is 14.7. The Bertz CT molecular complexity index is 224. The Morgan fingerprint density at radius 3 is 1.11 bits per heavy atom. The third-order valence-corrected chi connectivity index (χ3v) is 39.4. The molecule has 0 aliphatic carbocycles. The molecule has 18 heavy (non-hydrogen) atoms. The summed E-state index contributed by atoms with van der Waals surface area (Å²) in [6.45, 7) is 26.1. The molecule has 0 rings (SSSR count). The van der Waals surface area contributed by atoms with Crippen molar-refractivity contribution in [2.75, 3.05) is 0 Å². The number of hydrogen-bond acceptors (Lipinski definition) is 0. The largest absolute Gasteiger partial charge is 0.0741 e. The van der Waals surface area contributed by atoms with Gasteiger partial charge in [0.1, 0.15) is 0 Å². The van der Waals surface area contributed by atoms with Gasteiger partial charge in [0.25, 0.3) is 0 Å². The average Bonchev–Trinajstić information content (AvgIpc) is 2.34. The molecule has 0 radical (unpaired) electrons. The second-order valence-electron chi connectivity index (χ2n) is 7.98. The van der Waals surface area contributed by atoms with Crippen LogP contribution in [0.2, 0.25) is 61.7 Å². The van der Waals surface area contributed by atoms with E-state index in [0.29, 0.717) is 0 Å². The van der Waals surface area contributed by atoms with Gasteiger partial charge in [0.2, 0.25) is 0 Å². The van der Waals surface area contributed by atoms with Gasteiger partial charge in [-0.15, -0.1) is 0 Å². The first kappa shape index (κ1) is 18.9. The maximum Gasteiger partial charge on any atom is 0.0468 e. The van der Waals surface area contributed by atoms with Gasteiger partial charge < -0.3 is 0 Å². The molecule has 0 aromatic carbocycles.